The fraction of sp³-hybridized carbons (Fsp3) is 0.550. The fourth-order valence-electron chi connectivity index (χ4n) is 3.59. The van der Waals surface area contributed by atoms with E-state index in [0.717, 1.165) is 36.2 Å². The molecular formula is C20H27N3O3. The highest BCUT2D eigenvalue weighted by Crippen LogP contribution is 2.24. The Kier molecular flexibility index (Phi) is 5.59. The molecule has 1 aromatic carbocycles. The Hall–Kier alpha value is -2.37. The van der Waals surface area contributed by atoms with E-state index < -0.39 is 0 Å². The minimum Gasteiger partial charge on any atom is -0.341 e. The molecule has 2 aliphatic heterocycles. The summed E-state index contributed by atoms with van der Waals surface area (Å²) < 4.78 is 0. The molecule has 2 heterocycles. The van der Waals surface area contributed by atoms with Gasteiger partial charge in [-0.2, -0.15) is 0 Å². The Morgan fingerprint density at radius 1 is 1.08 bits per heavy atom. The summed E-state index contributed by atoms with van der Waals surface area (Å²) in [5.41, 5.74) is 2.93. The summed E-state index contributed by atoms with van der Waals surface area (Å²) in [7, 11) is 0. The predicted octanol–water partition coefficient (Wildman–Crippen LogP) is 1.83. The van der Waals surface area contributed by atoms with Crippen molar-refractivity contribution in [2.75, 3.05) is 31.5 Å². The molecule has 0 unspecified atom stereocenters. The zero-order chi connectivity index (χ0) is 18.7. The average Bonchev–Trinajstić information content (AvgIpc) is 2.87. The Bertz CT molecular complexity index is 714. The van der Waals surface area contributed by atoms with Gasteiger partial charge in [0.1, 0.15) is 0 Å². The lowest BCUT2D eigenvalue weighted by atomic mass is 9.99. The first-order valence-corrected chi connectivity index (χ1v) is 9.42. The van der Waals surface area contributed by atoms with Crippen LogP contribution in [0.3, 0.4) is 0 Å². The molecule has 140 valence electrons. The number of carbonyl (C=O) groups excluding carboxylic acids is 3. The third-order valence-electron chi connectivity index (χ3n) is 5.07. The molecule has 0 spiro atoms. The highest BCUT2D eigenvalue weighted by atomic mass is 16.2. The van der Waals surface area contributed by atoms with Crippen LogP contribution >= 0.6 is 0 Å². The molecule has 0 aliphatic carbocycles. The summed E-state index contributed by atoms with van der Waals surface area (Å²) in [6.45, 7) is 6.45. The minimum atomic E-state index is -0.00626. The molecule has 0 radical (unpaired) electrons. The van der Waals surface area contributed by atoms with Crippen molar-refractivity contribution in [2.45, 2.75) is 39.5 Å². The number of hydrogen-bond donors (Lipinski definition) is 1. The van der Waals surface area contributed by atoms with Gasteiger partial charge >= 0.3 is 0 Å². The van der Waals surface area contributed by atoms with Gasteiger partial charge in [0.15, 0.2) is 0 Å². The van der Waals surface area contributed by atoms with Crippen LogP contribution < -0.4 is 5.32 Å². The Balaban J connectivity index is 1.60. The Morgan fingerprint density at radius 3 is 2.58 bits per heavy atom. The van der Waals surface area contributed by atoms with Crippen LogP contribution in [0.15, 0.2) is 18.2 Å². The quantitative estimate of drug-likeness (QED) is 0.897. The van der Waals surface area contributed by atoms with Crippen molar-refractivity contribution in [1.29, 1.82) is 0 Å². The monoisotopic (exact) mass is 357 g/mol. The third-order valence-corrected chi connectivity index (χ3v) is 5.07. The number of nitrogens with one attached hydrogen (secondary N) is 1. The molecule has 0 aromatic heterocycles. The Morgan fingerprint density at radius 2 is 1.81 bits per heavy atom. The van der Waals surface area contributed by atoms with Crippen LogP contribution in [0.5, 0.6) is 0 Å². The normalized spacial score (nSPS) is 17.6. The van der Waals surface area contributed by atoms with E-state index in [2.05, 4.69) is 5.32 Å². The number of carbonyl (C=O) groups is 3. The predicted molar refractivity (Wildman–Crippen MR) is 99.7 cm³/mol. The van der Waals surface area contributed by atoms with E-state index >= 15 is 0 Å². The number of rotatable bonds is 3. The molecule has 0 atom stereocenters. The van der Waals surface area contributed by atoms with Gasteiger partial charge in [-0.15, -0.1) is 0 Å². The molecule has 3 amide bonds. The summed E-state index contributed by atoms with van der Waals surface area (Å²) in [5.74, 6) is 0.305. The second-order valence-electron chi connectivity index (χ2n) is 7.43. The molecule has 1 fully saturated rings. The zero-order valence-corrected chi connectivity index (χ0v) is 15.6. The summed E-state index contributed by atoms with van der Waals surface area (Å²) in [4.78, 5) is 40.1. The van der Waals surface area contributed by atoms with E-state index in [1.807, 2.05) is 41.8 Å². The maximum absolute atomic E-state index is 12.7. The summed E-state index contributed by atoms with van der Waals surface area (Å²) in [6.07, 6.45) is 2.40. The summed E-state index contributed by atoms with van der Waals surface area (Å²) in [6, 6.07) is 5.83. The van der Waals surface area contributed by atoms with Crippen LogP contribution in [-0.4, -0.2) is 53.7 Å². The summed E-state index contributed by atoms with van der Waals surface area (Å²) in [5, 5.41) is 2.86. The second kappa shape index (κ2) is 7.89. The second-order valence-corrected chi connectivity index (χ2v) is 7.43. The number of aryl methyl sites for hydroxylation is 1. The van der Waals surface area contributed by atoms with Gasteiger partial charge in [-0.3, -0.25) is 14.4 Å². The van der Waals surface area contributed by atoms with Gasteiger partial charge in [-0.1, -0.05) is 26.0 Å². The SMILES string of the molecule is CC(C)C(=O)N1CCCN(C(=O)Cc2ccc3c(c2)CCC(=O)N3)CC1. The highest BCUT2D eigenvalue weighted by Gasteiger charge is 2.23. The van der Waals surface area contributed by atoms with E-state index in [4.69, 9.17) is 0 Å². The molecule has 26 heavy (non-hydrogen) atoms. The largest absolute Gasteiger partial charge is 0.341 e. The molecule has 1 saturated heterocycles. The molecular weight excluding hydrogens is 330 g/mol. The molecule has 2 aliphatic rings. The number of nitrogens with zero attached hydrogens (tertiary/aromatic N) is 2. The van der Waals surface area contributed by atoms with Crippen LogP contribution in [0.4, 0.5) is 5.69 Å². The van der Waals surface area contributed by atoms with Gasteiger partial charge < -0.3 is 15.1 Å². The first kappa shape index (κ1) is 18.4. The van der Waals surface area contributed by atoms with Crippen molar-refractivity contribution in [3.8, 4) is 0 Å². The molecule has 1 aromatic rings. The standard InChI is InChI=1S/C20H27N3O3/c1-14(2)20(26)23-9-3-8-22(10-11-23)19(25)13-15-4-6-17-16(12-15)5-7-18(24)21-17/h4,6,12,14H,3,5,7-11,13H2,1-2H3,(H,21,24). The fourth-order valence-corrected chi connectivity index (χ4v) is 3.59. The van der Waals surface area contributed by atoms with E-state index in [9.17, 15) is 14.4 Å². The van der Waals surface area contributed by atoms with Crippen LogP contribution in [0, 0.1) is 5.92 Å². The molecule has 0 bridgehead atoms. The van der Waals surface area contributed by atoms with Gasteiger partial charge in [-0.25, -0.2) is 0 Å². The zero-order valence-electron chi connectivity index (χ0n) is 15.6. The van der Waals surface area contributed by atoms with Crippen molar-refractivity contribution in [3.05, 3.63) is 29.3 Å². The Labute approximate surface area is 154 Å². The highest BCUT2D eigenvalue weighted by molar-refractivity contribution is 5.94. The smallest absolute Gasteiger partial charge is 0.227 e. The number of benzene rings is 1. The number of amides is 3. The van der Waals surface area contributed by atoms with Gasteiger partial charge in [0.2, 0.25) is 17.7 Å². The van der Waals surface area contributed by atoms with Crippen molar-refractivity contribution in [1.82, 2.24) is 9.80 Å². The van der Waals surface area contributed by atoms with Crippen molar-refractivity contribution in [3.63, 3.8) is 0 Å². The maximum Gasteiger partial charge on any atom is 0.227 e. The molecule has 1 N–H and O–H groups in total. The molecule has 6 heteroatoms. The first-order chi connectivity index (χ1) is 12.4. The minimum absolute atomic E-state index is 0.00626. The summed E-state index contributed by atoms with van der Waals surface area (Å²) >= 11 is 0. The van der Waals surface area contributed by atoms with E-state index in [0.29, 0.717) is 32.5 Å². The topological polar surface area (TPSA) is 69.7 Å². The maximum atomic E-state index is 12.7. The van der Waals surface area contributed by atoms with Gasteiger partial charge in [0, 0.05) is 44.2 Å². The van der Waals surface area contributed by atoms with Gasteiger partial charge in [0.05, 0.1) is 6.42 Å². The van der Waals surface area contributed by atoms with Crippen LogP contribution in [-0.2, 0) is 27.2 Å². The number of hydrogen-bond acceptors (Lipinski definition) is 3. The van der Waals surface area contributed by atoms with Crippen molar-refractivity contribution < 1.29 is 14.4 Å². The third kappa shape index (κ3) is 4.23. The van der Waals surface area contributed by atoms with Crippen LogP contribution in [0.2, 0.25) is 0 Å². The lowest BCUT2D eigenvalue weighted by molar-refractivity contribution is -0.135. The van der Waals surface area contributed by atoms with Gasteiger partial charge in [0.25, 0.3) is 0 Å². The lowest BCUT2D eigenvalue weighted by Crippen LogP contribution is -2.39. The van der Waals surface area contributed by atoms with Crippen molar-refractivity contribution >= 4 is 23.4 Å². The van der Waals surface area contributed by atoms with Crippen molar-refractivity contribution in [2.24, 2.45) is 5.92 Å². The molecule has 6 nitrogen and oxygen atoms in total. The lowest BCUT2D eigenvalue weighted by Gasteiger charge is -2.24. The average molecular weight is 357 g/mol. The number of fused-ring (bicyclic) bond motifs is 1. The number of anilines is 1. The van der Waals surface area contributed by atoms with E-state index in [1.165, 1.54) is 0 Å². The van der Waals surface area contributed by atoms with Crippen LogP contribution in [0.25, 0.3) is 0 Å². The molecule has 0 saturated carbocycles. The van der Waals surface area contributed by atoms with E-state index in [-0.39, 0.29) is 23.6 Å². The van der Waals surface area contributed by atoms with Gasteiger partial charge in [-0.05, 0) is 30.0 Å². The first-order valence-electron chi connectivity index (χ1n) is 9.42. The van der Waals surface area contributed by atoms with Crippen LogP contribution in [0.1, 0.15) is 37.8 Å². The molecule has 3 rings (SSSR count). The van der Waals surface area contributed by atoms with E-state index in [1.54, 1.807) is 0 Å².